The molecule has 0 spiro atoms. The van der Waals surface area contributed by atoms with Crippen LogP contribution in [0.2, 0.25) is 5.02 Å². The summed E-state index contributed by atoms with van der Waals surface area (Å²) in [6.45, 7) is 8.47. The molecule has 9 nitrogen and oxygen atoms in total. The second-order valence-corrected chi connectivity index (χ2v) is 16.7. The van der Waals surface area contributed by atoms with E-state index in [0.29, 0.717) is 53.4 Å². The van der Waals surface area contributed by atoms with Crippen LogP contribution in [0.4, 0.5) is 0 Å². The number of aromatic nitrogens is 2. The zero-order chi connectivity index (χ0) is 40.3. The van der Waals surface area contributed by atoms with Gasteiger partial charge in [-0.1, -0.05) is 59.5 Å². The van der Waals surface area contributed by atoms with Crippen molar-refractivity contribution in [1.29, 1.82) is 5.26 Å². The topological polar surface area (TPSA) is 111 Å². The SMILES string of the molecule is Cc1c(-c2ccc(C#N)c(Cl)c2)nn(Cc2ccc(C#CC3CCN(CC4CCC(C#Cc5cccc6c5CN(C5CCC(=O)NC5=O)C6=O)CC4)CC3)cc2)c1C. The second kappa shape index (κ2) is 17.1. The molecule has 1 N–H and O–H groups in total. The van der Waals surface area contributed by atoms with Gasteiger partial charge in [0.15, 0.2) is 0 Å². The van der Waals surface area contributed by atoms with E-state index < -0.39 is 11.9 Å². The average Bonchev–Trinajstić information content (AvgIpc) is 3.71. The number of hydrogen-bond acceptors (Lipinski definition) is 6. The highest BCUT2D eigenvalue weighted by Gasteiger charge is 2.39. The number of fused-ring (bicyclic) bond motifs is 1. The van der Waals surface area contributed by atoms with Crippen LogP contribution in [0.5, 0.6) is 0 Å². The summed E-state index contributed by atoms with van der Waals surface area (Å²) in [5.41, 5.74) is 8.99. The van der Waals surface area contributed by atoms with Gasteiger partial charge in [-0.3, -0.25) is 24.4 Å². The van der Waals surface area contributed by atoms with E-state index in [2.05, 4.69) is 78.1 Å². The number of piperidine rings is 2. The Bertz CT molecular complexity index is 2420. The molecule has 1 saturated carbocycles. The molecular formula is C48H47ClN6O3. The predicted molar refractivity (Wildman–Crippen MR) is 223 cm³/mol. The molecule has 0 bridgehead atoms. The number of rotatable bonds is 6. The van der Waals surface area contributed by atoms with Crippen LogP contribution in [-0.2, 0) is 22.7 Å². The van der Waals surface area contributed by atoms with Crippen molar-refractivity contribution in [2.24, 2.45) is 17.8 Å². The summed E-state index contributed by atoms with van der Waals surface area (Å²) in [5, 5.41) is 16.9. The summed E-state index contributed by atoms with van der Waals surface area (Å²) in [7, 11) is 0. The maximum absolute atomic E-state index is 13.2. The lowest BCUT2D eigenvalue weighted by Crippen LogP contribution is -2.52. The fraction of sp³-hybridized carbons (Fsp3) is 0.396. The van der Waals surface area contributed by atoms with E-state index in [0.717, 1.165) is 90.1 Å². The maximum atomic E-state index is 13.2. The van der Waals surface area contributed by atoms with E-state index in [-0.39, 0.29) is 18.2 Å². The van der Waals surface area contributed by atoms with Crippen molar-refractivity contribution in [2.75, 3.05) is 19.6 Å². The van der Waals surface area contributed by atoms with E-state index in [4.69, 9.17) is 16.7 Å². The molecule has 3 amide bonds. The first-order chi connectivity index (χ1) is 28.1. The van der Waals surface area contributed by atoms with Crippen molar-refractivity contribution < 1.29 is 14.4 Å². The summed E-state index contributed by atoms with van der Waals surface area (Å²) >= 11 is 6.31. The summed E-state index contributed by atoms with van der Waals surface area (Å²) in [6.07, 6.45) is 7.33. The van der Waals surface area contributed by atoms with Gasteiger partial charge in [-0.2, -0.15) is 10.4 Å². The fourth-order valence-corrected chi connectivity index (χ4v) is 9.09. The molecule has 4 aromatic rings. The Labute approximate surface area is 345 Å². The molecule has 10 heteroatoms. The number of nitriles is 1. The number of carbonyl (C=O) groups excluding carboxylic acids is 3. The average molecular weight is 791 g/mol. The number of imide groups is 1. The van der Waals surface area contributed by atoms with Crippen LogP contribution in [0.1, 0.15) is 101 Å². The van der Waals surface area contributed by atoms with Crippen molar-refractivity contribution in [2.45, 2.75) is 84.3 Å². The Hall–Kier alpha value is -5.66. The van der Waals surface area contributed by atoms with E-state index >= 15 is 0 Å². The molecule has 1 aromatic heterocycles. The highest BCUT2D eigenvalue weighted by atomic mass is 35.5. The van der Waals surface area contributed by atoms with Crippen LogP contribution in [0.25, 0.3) is 11.3 Å². The van der Waals surface area contributed by atoms with Gasteiger partial charge in [-0.15, -0.1) is 0 Å². The number of nitrogens with zero attached hydrogens (tertiary/aromatic N) is 5. The van der Waals surface area contributed by atoms with E-state index in [1.165, 1.54) is 12.8 Å². The number of nitrogens with one attached hydrogen (secondary N) is 1. The molecule has 2 saturated heterocycles. The van der Waals surface area contributed by atoms with Crippen LogP contribution in [0.3, 0.4) is 0 Å². The van der Waals surface area contributed by atoms with Gasteiger partial charge in [-0.25, -0.2) is 0 Å². The van der Waals surface area contributed by atoms with Crippen LogP contribution in [0.15, 0.2) is 60.7 Å². The molecule has 3 fully saturated rings. The first-order valence-electron chi connectivity index (χ1n) is 20.5. The van der Waals surface area contributed by atoms with E-state index in [1.54, 1.807) is 11.0 Å². The van der Waals surface area contributed by atoms with E-state index in [9.17, 15) is 19.6 Å². The molecule has 1 atom stereocenters. The minimum absolute atomic E-state index is 0.160. The number of amides is 3. The first-order valence-corrected chi connectivity index (χ1v) is 20.9. The third-order valence-electron chi connectivity index (χ3n) is 12.5. The quantitative estimate of drug-likeness (QED) is 0.161. The van der Waals surface area contributed by atoms with Crippen molar-refractivity contribution >= 4 is 29.3 Å². The number of likely N-dealkylation sites (tertiary alicyclic amines) is 1. The molecule has 3 aromatic carbocycles. The third kappa shape index (κ3) is 8.46. The first kappa shape index (κ1) is 39.2. The molecule has 3 aliphatic heterocycles. The predicted octanol–water partition coefficient (Wildman–Crippen LogP) is 7.42. The Morgan fingerprint density at radius 3 is 2.33 bits per heavy atom. The zero-order valence-corrected chi connectivity index (χ0v) is 33.9. The van der Waals surface area contributed by atoms with Crippen LogP contribution >= 0.6 is 11.6 Å². The van der Waals surface area contributed by atoms with Gasteiger partial charge < -0.3 is 9.80 Å². The van der Waals surface area contributed by atoms with Crippen molar-refractivity contribution in [3.05, 3.63) is 110 Å². The van der Waals surface area contributed by atoms with Crippen LogP contribution < -0.4 is 5.32 Å². The van der Waals surface area contributed by atoms with Gasteiger partial charge in [-0.05, 0) is 131 Å². The zero-order valence-electron chi connectivity index (χ0n) is 33.1. The van der Waals surface area contributed by atoms with Gasteiger partial charge in [0.25, 0.3) is 5.91 Å². The molecular weight excluding hydrogens is 744 g/mol. The largest absolute Gasteiger partial charge is 0.322 e. The Morgan fingerprint density at radius 2 is 1.60 bits per heavy atom. The number of halogens is 1. The van der Waals surface area contributed by atoms with Crippen molar-refractivity contribution in [1.82, 2.24) is 24.9 Å². The van der Waals surface area contributed by atoms with Gasteiger partial charge in [0.2, 0.25) is 11.8 Å². The molecule has 4 heterocycles. The highest BCUT2D eigenvalue weighted by molar-refractivity contribution is 6.32. The molecule has 1 unspecified atom stereocenters. The Morgan fingerprint density at radius 1 is 0.862 bits per heavy atom. The molecule has 1 aliphatic carbocycles. The summed E-state index contributed by atoms with van der Waals surface area (Å²) in [5.74, 6) is 14.6. The van der Waals surface area contributed by atoms with Gasteiger partial charge in [0.05, 0.1) is 22.8 Å². The van der Waals surface area contributed by atoms with Crippen molar-refractivity contribution in [3.63, 3.8) is 0 Å². The normalized spacial score (nSPS) is 21.0. The number of hydrogen-bond donors (Lipinski definition) is 1. The third-order valence-corrected chi connectivity index (χ3v) is 12.8. The lowest BCUT2D eigenvalue weighted by Gasteiger charge is -2.35. The highest BCUT2D eigenvalue weighted by Crippen LogP contribution is 2.33. The Balaban J connectivity index is 0.782. The van der Waals surface area contributed by atoms with Crippen LogP contribution in [-0.4, -0.2) is 63.0 Å². The smallest absolute Gasteiger partial charge is 0.255 e. The molecule has 4 aliphatic rings. The van der Waals surface area contributed by atoms with Crippen LogP contribution in [0, 0.1) is 66.6 Å². The van der Waals surface area contributed by atoms with Gasteiger partial charge >= 0.3 is 0 Å². The Kier molecular flexibility index (Phi) is 11.5. The second-order valence-electron chi connectivity index (χ2n) is 16.3. The minimum atomic E-state index is -0.620. The van der Waals surface area contributed by atoms with Gasteiger partial charge in [0.1, 0.15) is 12.1 Å². The summed E-state index contributed by atoms with van der Waals surface area (Å²) < 4.78 is 2.02. The summed E-state index contributed by atoms with van der Waals surface area (Å²) in [6, 6.07) is 21.1. The van der Waals surface area contributed by atoms with E-state index in [1.807, 2.05) is 35.0 Å². The van der Waals surface area contributed by atoms with Crippen molar-refractivity contribution in [3.8, 4) is 41.0 Å². The monoisotopic (exact) mass is 790 g/mol. The summed E-state index contributed by atoms with van der Waals surface area (Å²) in [4.78, 5) is 41.6. The molecule has 58 heavy (non-hydrogen) atoms. The fourth-order valence-electron chi connectivity index (χ4n) is 8.87. The molecule has 8 rings (SSSR count). The standard InChI is InChI=1S/C48H47ClN6O3/c1-31-32(2)55(52-46(31)39-18-19-40(27-50)43(49)26-39)29-37-14-10-33(11-15-37)6-7-35-22-24-53(25-23-35)28-36-12-8-34(9-13-36)16-17-38-4-3-5-41-42(38)30-54(48(41)58)44-20-21-45(56)51-47(44)57/h3-5,10-11,14-15,18-19,26,34-36,44H,8-9,12-13,20-25,28-30H2,1-2H3,(H,51,56,57). The maximum Gasteiger partial charge on any atom is 0.255 e. The lowest BCUT2D eigenvalue weighted by molar-refractivity contribution is -0.136. The number of benzene rings is 3. The molecule has 294 valence electrons. The van der Waals surface area contributed by atoms with Gasteiger partial charge in [0, 0.05) is 59.3 Å². The lowest BCUT2D eigenvalue weighted by atomic mass is 9.81. The number of carbonyl (C=O) groups is 3. The minimum Gasteiger partial charge on any atom is -0.322 e. The molecule has 0 radical (unpaired) electrons.